The van der Waals surface area contributed by atoms with Gasteiger partial charge in [0.2, 0.25) is 0 Å². The number of amides is 1. The average Bonchev–Trinajstić information content (AvgIpc) is 3.43. The van der Waals surface area contributed by atoms with Crippen molar-refractivity contribution in [2.24, 2.45) is 0 Å². The van der Waals surface area contributed by atoms with Crippen molar-refractivity contribution in [3.63, 3.8) is 0 Å². The highest BCUT2D eigenvalue weighted by Gasteiger charge is 2.38. The Balaban J connectivity index is 0.000000591. The van der Waals surface area contributed by atoms with Crippen molar-refractivity contribution >= 4 is 46.7 Å². The molecule has 2 N–H and O–H groups in total. The molecule has 2 aliphatic rings. The van der Waals surface area contributed by atoms with E-state index < -0.39 is 12.1 Å². The fraction of sp³-hybridized carbons (Fsp3) is 0.375. The highest BCUT2D eigenvalue weighted by Crippen LogP contribution is 2.30. The number of alkyl halides is 3. The molecular weight excluding hydrogens is 654 g/mol. The zero-order valence-electron chi connectivity index (χ0n) is 24.2. The zero-order chi connectivity index (χ0) is 32.6. The number of ether oxygens (including phenoxy) is 1. The number of carboxylic acids is 1. The zero-order valence-corrected chi connectivity index (χ0v) is 26.5. The average molecular weight is 687 g/mol. The smallest absolute Gasteiger partial charge is 0.489 e. The van der Waals surface area contributed by atoms with Gasteiger partial charge in [0.1, 0.15) is 11.9 Å². The van der Waals surface area contributed by atoms with Crippen LogP contribution in [0.25, 0.3) is 0 Å². The Morgan fingerprint density at radius 3 is 2.09 bits per heavy atom. The predicted octanol–water partition coefficient (Wildman–Crippen LogP) is 7.33. The molecule has 1 atom stereocenters. The standard InChI is InChI=1S/C30H32Cl3N3O2.C2HF3O2/c31-26-8-7-23(17-27(26)32)30(37)34-24-10-13-36(20-24)19-22-6-9-29(28(33)16-22)38-25-11-14-35(15-12-25)18-21-4-2-1-3-5-21;3-2(4,5)1(6)7/h1-9,16-17,24-25H,10-15,18-20H2,(H,34,37);(H,6,7)/t24-;/m0./s1. The van der Waals surface area contributed by atoms with Crippen LogP contribution in [0.4, 0.5) is 13.2 Å². The maximum atomic E-state index is 12.6. The Bertz CT molecular complexity index is 1450. The first-order chi connectivity index (χ1) is 21.4. The second-order valence-electron chi connectivity index (χ2n) is 11.0. The topological polar surface area (TPSA) is 82.1 Å². The van der Waals surface area contributed by atoms with Gasteiger partial charge < -0.3 is 15.2 Å². The van der Waals surface area contributed by atoms with Gasteiger partial charge in [-0.2, -0.15) is 13.2 Å². The summed E-state index contributed by atoms with van der Waals surface area (Å²) in [6.45, 7) is 5.49. The fourth-order valence-corrected chi connectivity index (χ4v) is 5.75. The number of aliphatic carboxylic acids is 1. The van der Waals surface area contributed by atoms with Crippen molar-refractivity contribution in [2.75, 3.05) is 26.2 Å². The highest BCUT2D eigenvalue weighted by atomic mass is 35.5. The van der Waals surface area contributed by atoms with Gasteiger partial charge in [-0.05, 0) is 60.7 Å². The van der Waals surface area contributed by atoms with E-state index in [1.807, 2.05) is 12.1 Å². The first kappa shape index (κ1) is 34.8. The number of hydrogen-bond acceptors (Lipinski definition) is 5. The minimum Gasteiger partial charge on any atom is -0.489 e. The van der Waals surface area contributed by atoms with Gasteiger partial charge in [-0.15, -0.1) is 0 Å². The number of likely N-dealkylation sites (tertiary alicyclic amines) is 2. The molecule has 5 rings (SSSR count). The van der Waals surface area contributed by atoms with Crippen LogP contribution in [0.2, 0.25) is 15.1 Å². The summed E-state index contributed by atoms with van der Waals surface area (Å²) in [7, 11) is 0. The van der Waals surface area contributed by atoms with Gasteiger partial charge >= 0.3 is 12.1 Å². The Hall–Kier alpha value is -3.02. The van der Waals surface area contributed by atoms with E-state index in [-0.39, 0.29) is 18.1 Å². The molecular formula is C32H33Cl3F3N3O4. The molecule has 3 aromatic rings. The van der Waals surface area contributed by atoms with E-state index in [1.165, 1.54) is 5.56 Å². The Morgan fingerprint density at radius 1 is 0.822 bits per heavy atom. The normalized spacial score (nSPS) is 17.8. The summed E-state index contributed by atoms with van der Waals surface area (Å²) in [5, 5.41) is 11.7. The summed E-state index contributed by atoms with van der Waals surface area (Å²) >= 11 is 18.6. The van der Waals surface area contributed by atoms with Crippen LogP contribution in [-0.2, 0) is 17.9 Å². The number of rotatable bonds is 8. The van der Waals surface area contributed by atoms with Crippen LogP contribution in [0.5, 0.6) is 5.75 Å². The molecule has 0 unspecified atom stereocenters. The number of carbonyl (C=O) groups is 2. The predicted molar refractivity (Wildman–Crippen MR) is 168 cm³/mol. The minimum absolute atomic E-state index is 0.0859. The van der Waals surface area contributed by atoms with Gasteiger partial charge in [0.15, 0.2) is 0 Å². The summed E-state index contributed by atoms with van der Waals surface area (Å²) in [4.78, 5) is 26.3. The molecule has 0 radical (unpaired) electrons. The number of hydrogen-bond donors (Lipinski definition) is 2. The van der Waals surface area contributed by atoms with E-state index in [4.69, 9.17) is 49.4 Å². The highest BCUT2D eigenvalue weighted by molar-refractivity contribution is 6.42. The molecule has 0 aromatic heterocycles. The number of nitrogens with zero attached hydrogens (tertiary/aromatic N) is 2. The third kappa shape index (κ3) is 10.8. The molecule has 45 heavy (non-hydrogen) atoms. The van der Waals surface area contributed by atoms with E-state index in [1.54, 1.807) is 18.2 Å². The van der Waals surface area contributed by atoms with Gasteiger partial charge in [0, 0.05) is 50.9 Å². The van der Waals surface area contributed by atoms with E-state index >= 15 is 0 Å². The molecule has 2 aliphatic heterocycles. The molecule has 0 bridgehead atoms. The Morgan fingerprint density at radius 2 is 1.47 bits per heavy atom. The van der Waals surface area contributed by atoms with Crippen molar-refractivity contribution in [1.29, 1.82) is 0 Å². The van der Waals surface area contributed by atoms with Crippen molar-refractivity contribution < 1.29 is 32.6 Å². The van der Waals surface area contributed by atoms with Crippen LogP contribution in [0, 0.1) is 0 Å². The van der Waals surface area contributed by atoms with Crippen molar-refractivity contribution in [1.82, 2.24) is 15.1 Å². The van der Waals surface area contributed by atoms with Crippen molar-refractivity contribution in [2.45, 2.75) is 50.7 Å². The largest absolute Gasteiger partial charge is 0.490 e. The lowest BCUT2D eigenvalue weighted by Gasteiger charge is -2.32. The Labute approximate surface area is 274 Å². The first-order valence-corrected chi connectivity index (χ1v) is 15.5. The molecule has 242 valence electrons. The second-order valence-corrected chi connectivity index (χ2v) is 12.2. The Kier molecular flexibility index (Phi) is 12.4. The van der Waals surface area contributed by atoms with Crippen LogP contribution in [0.3, 0.4) is 0 Å². The van der Waals surface area contributed by atoms with Crippen LogP contribution in [-0.4, -0.2) is 71.3 Å². The van der Waals surface area contributed by atoms with E-state index in [0.717, 1.165) is 69.8 Å². The maximum Gasteiger partial charge on any atom is 0.490 e. The summed E-state index contributed by atoms with van der Waals surface area (Å²) in [5.41, 5.74) is 3.00. The van der Waals surface area contributed by atoms with Gasteiger partial charge in [0.25, 0.3) is 5.91 Å². The van der Waals surface area contributed by atoms with E-state index in [9.17, 15) is 18.0 Å². The lowest BCUT2D eigenvalue weighted by molar-refractivity contribution is -0.192. The molecule has 13 heteroatoms. The molecule has 0 spiro atoms. The van der Waals surface area contributed by atoms with Gasteiger partial charge in [-0.3, -0.25) is 14.6 Å². The second kappa shape index (κ2) is 16.0. The number of halogens is 6. The molecule has 2 saturated heterocycles. The third-order valence-electron chi connectivity index (χ3n) is 7.51. The first-order valence-electron chi connectivity index (χ1n) is 14.4. The summed E-state index contributed by atoms with van der Waals surface area (Å²) in [6.07, 6.45) is -2.02. The monoisotopic (exact) mass is 685 g/mol. The molecule has 0 aliphatic carbocycles. The number of benzene rings is 3. The molecule has 2 fully saturated rings. The summed E-state index contributed by atoms with van der Waals surface area (Å²) in [5.74, 6) is -2.14. The molecule has 7 nitrogen and oxygen atoms in total. The molecule has 0 saturated carbocycles. The lowest BCUT2D eigenvalue weighted by Crippen LogP contribution is -2.37. The van der Waals surface area contributed by atoms with Crippen LogP contribution in [0.15, 0.2) is 66.7 Å². The number of carboxylic acid groups (broad SMARTS) is 1. The number of carbonyl (C=O) groups excluding carboxylic acids is 1. The van der Waals surface area contributed by atoms with Crippen molar-refractivity contribution in [3.05, 3.63) is 98.5 Å². The van der Waals surface area contributed by atoms with Gasteiger partial charge in [-0.1, -0.05) is 71.2 Å². The molecule has 2 heterocycles. The van der Waals surface area contributed by atoms with Crippen LogP contribution >= 0.6 is 34.8 Å². The quantitative estimate of drug-likeness (QED) is 0.258. The minimum atomic E-state index is -5.08. The lowest BCUT2D eigenvalue weighted by atomic mass is 10.1. The summed E-state index contributed by atoms with van der Waals surface area (Å²) < 4.78 is 38.0. The van der Waals surface area contributed by atoms with Crippen LogP contribution < -0.4 is 10.1 Å². The summed E-state index contributed by atoms with van der Waals surface area (Å²) in [6, 6.07) is 21.7. The van der Waals surface area contributed by atoms with Crippen molar-refractivity contribution in [3.8, 4) is 5.75 Å². The molecule has 1 amide bonds. The maximum absolute atomic E-state index is 12.6. The number of piperidine rings is 1. The van der Waals surface area contributed by atoms with Crippen LogP contribution in [0.1, 0.15) is 40.7 Å². The SMILES string of the molecule is O=C(N[C@H]1CCN(Cc2ccc(OC3CCN(Cc4ccccc4)CC3)c(Cl)c2)C1)c1ccc(Cl)c(Cl)c1.O=C(O)C(F)(F)F. The van der Waals surface area contributed by atoms with Gasteiger partial charge in [0.05, 0.1) is 15.1 Å². The van der Waals surface area contributed by atoms with E-state index in [0.29, 0.717) is 20.6 Å². The van der Waals surface area contributed by atoms with E-state index in [2.05, 4.69) is 51.5 Å². The number of nitrogens with one attached hydrogen (secondary N) is 1. The fourth-order valence-electron chi connectivity index (χ4n) is 5.20. The van der Waals surface area contributed by atoms with Gasteiger partial charge in [-0.25, -0.2) is 4.79 Å². The third-order valence-corrected chi connectivity index (χ3v) is 8.55. The molecule has 3 aromatic carbocycles.